The minimum absolute atomic E-state index is 0.113. The monoisotopic (exact) mass is 275 g/mol. The first kappa shape index (κ1) is 13.6. The second kappa shape index (κ2) is 5.54. The van der Waals surface area contributed by atoms with Crippen molar-refractivity contribution in [1.82, 2.24) is 5.32 Å². The SMILES string of the molecule is COc1ccc(C(=O)C2CC3COCC(C2)N3)c(C)c1. The fraction of sp³-hybridized carbons (Fsp3) is 0.562. The number of fused-ring (bicyclic) bond motifs is 2. The quantitative estimate of drug-likeness (QED) is 0.857. The zero-order valence-corrected chi connectivity index (χ0v) is 12.0. The van der Waals surface area contributed by atoms with Crippen LogP contribution >= 0.6 is 0 Å². The molecule has 4 nitrogen and oxygen atoms in total. The number of benzene rings is 1. The van der Waals surface area contributed by atoms with Gasteiger partial charge in [0.05, 0.1) is 20.3 Å². The molecule has 0 aromatic heterocycles. The molecule has 0 spiro atoms. The summed E-state index contributed by atoms with van der Waals surface area (Å²) in [6.45, 7) is 3.42. The van der Waals surface area contributed by atoms with Gasteiger partial charge in [-0.2, -0.15) is 0 Å². The first-order valence-corrected chi connectivity index (χ1v) is 7.20. The maximum Gasteiger partial charge on any atom is 0.166 e. The molecule has 20 heavy (non-hydrogen) atoms. The summed E-state index contributed by atoms with van der Waals surface area (Å²) in [7, 11) is 1.64. The number of ether oxygens (including phenoxy) is 2. The lowest BCUT2D eigenvalue weighted by Crippen LogP contribution is -2.55. The molecule has 1 N–H and O–H groups in total. The van der Waals surface area contributed by atoms with Gasteiger partial charge in [-0.05, 0) is 43.5 Å². The maximum absolute atomic E-state index is 12.7. The average Bonchev–Trinajstić information content (AvgIpc) is 2.46. The number of Topliss-reactive ketones (excluding diaryl/α,β-unsaturated/α-hetero) is 1. The highest BCUT2D eigenvalue weighted by Gasteiger charge is 2.35. The highest BCUT2D eigenvalue weighted by Crippen LogP contribution is 2.29. The zero-order valence-electron chi connectivity index (χ0n) is 12.0. The molecule has 2 aliphatic heterocycles. The van der Waals surface area contributed by atoms with Gasteiger partial charge in [0.1, 0.15) is 5.75 Å². The summed E-state index contributed by atoms with van der Waals surface area (Å²) in [6, 6.07) is 6.35. The fourth-order valence-electron chi connectivity index (χ4n) is 3.31. The van der Waals surface area contributed by atoms with E-state index in [9.17, 15) is 4.79 Å². The number of hydrogen-bond acceptors (Lipinski definition) is 4. The standard InChI is InChI=1S/C16H21NO3/c1-10-5-14(19-2)3-4-15(10)16(18)11-6-12-8-20-9-13(7-11)17-12/h3-5,11-13,17H,6-9H2,1-2H3. The van der Waals surface area contributed by atoms with Crippen molar-refractivity contribution < 1.29 is 14.3 Å². The molecule has 0 amide bonds. The second-order valence-electron chi connectivity index (χ2n) is 5.81. The molecule has 2 fully saturated rings. The number of hydrogen-bond donors (Lipinski definition) is 1. The Hall–Kier alpha value is -1.39. The van der Waals surface area contributed by atoms with Crippen molar-refractivity contribution >= 4 is 5.78 Å². The Morgan fingerprint density at radius 2 is 2.00 bits per heavy atom. The van der Waals surface area contributed by atoms with Gasteiger partial charge in [0.25, 0.3) is 0 Å². The number of piperidine rings is 1. The second-order valence-corrected chi connectivity index (χ2v) is 5.81. The fourth-order valence-corrected chi connectivity index (χ4v) is 3.31. The summed E-state index contributed by atoms with van der Waals surface area (Å²) in [5, 5.41) is 3.52. The molecule has 0 radical (unpaired) electrons. The normalized spacial score (nSPS) is 29.0. The van der Waals surface area contributed by atoms with E-state index in [-0.39, 0.29) is 11.7 Å². The molecule has 0 aliphatic carbocycles. The van der Waals surface area contributed by atoms with E-state index in [2.05, 4.69) is 5.32 Å². The minimum atomic E-state index is 0.113. The van der Waals surface area contributed by atoms with E-state index < -0.39 is 0 Å². The summed E-state index contributed by atoms with van der Waals surface area (Å²) in [4.78, 5) is 12.7. The minimum Gasteiger partial charge on any atom is -0.497 e. The van der Waals surface area contributed by atoms with E-state index in [0.29, 0.717) is 12.1 Å². The highest BCUT2D eigenvalue weighted by molar-refractivity contribution is 5.99. The molecule has 2 saturated heterocycles. The van der Waals surface area contributed by atoms with Crippen molar-refractivity contribution in [2.24, 2.45) is 5.92 Å². The summed E-state index contributed by atoms with van der Waals surface area (Å²) in [5.41, 5.74) is 1.82. The number of carbonyl (C=O) groups is 1. The summed E-state index contributed by atoms with van der Waals surface area (Å²) >= 11 is 0. The molecule has 2 atom stereocenters. The molecule has 2 heterocycles. The largest absolute Gasteiger partial charge is 0.497 e. The Kier molecular flexibility index (Phi) is 3.76. The lowest BCUT2D eigenvalue weighted by molar-refractivity contribution is 0.00951. The molecule has 2 bridgehead atoms. The van der Waals surface area contributed by atoms with Gasteiger partial charge in [-0.25, -0.2) is 0 Å². The predicted octanol–water partition coefficient (Wildman–Crippen LogP) is 1.95. The van der Waals surface area contributed by atoms with Crippen molar-refractivity contribution in [2.45, 2.75) is 31.8 Å². The Labute approximate surface area is 119 Å². The van der Waals surface area contributed by atoms with Crippen LogP contribution in [-0.2, 0) is 4.74 Å². The zero-order chi connectivity index (χ0) is 14.1. The van der Waals surface area contributed by atoms with Crippen LogP contribution < -0.4 is 10.1 Å². The molecular weight excluding hydrogens is 254 g/mol. The van der Waals surface area contributed by atoms with Crippen molar-refractivity contribution in [3.05, 3.63) is 29.3 Å². The van der Waals surface area contributed by atoms with Crippen molar-refractivity contribution in [3.63, 3.8) is 0 Å². The number of rotatable bonds is 3. The van der Waals surface area contributed by atoms with E-state index in [4.69, 9.17) is 9.47 Å². The first-order valence-electron chi connectivity index (χ1n) is 7.20. The third kappa shape index (κ3) is 2.58. The van der Waals surface area contributed by atoms with E-state index in [1.165, 1.54) is 0 Å². The molecule has 108 valence electrons. The summed E-state index contributed by atoms with van der Waals surface area (Å²) in [6.07, 6.45) is 1.75. The van der Waals surface area contributed by atoms with Gasteiger partial charge >= 0.3 is 0 Å². The van der Waals surface area contributed by atoms with Gasteiger partial charge in [-0.15, -0.1) is 0 Å². The number of aryl methyl sites for hydroxylation is 1. The molecule has 4 heteroatoms. The van der Waals surface area contributed by atoms with Crippen molar-refractivity contribution in [3.8, 4) is 5.75 Å². The van der Waals surface area contributed by atoms with Crippen molar-refractivity contribution in [2.75, 3.05) is 20.3 Å². The van der Waals surface area contributed by atoms with Crippen LogP contribution in [0.1, 0.15) is 28.8 Å². The summed E-state index contributed by atoms with van der Waals surface area (Å²) < 4.78 is 10.7. The van der Waals surface area contributed by atoms with Crippen LogP contribution in [0.15, 0.2) is 18.2 Å². The molecule has 2 aliphatic rings. The van der Waals surface area contributed by atoms with Gasteiger partial charge in [-0.3, -0.25) is 4.79 Å². The van der Waals surface area contributed by atoms with Crippen LogP contribution in [0, 0.1) is 12.8 Å². The average molecular weight is 275 g/mol. The predicted molar refractivity (Wildman–Crippen MR) is 76.3 cm³/mol. The maximum atomic E-state index is 12.7. The topological polar surface area (TPSA) is 47.6 Å². The van der Waals surface area contributed by atoms with Gasteiger partial charge in [-0.1, -0.05) is 0 Å². The van der Waals surface area contributed by atoms with Crippen LogP contribution in [0.25, 0.3) is 0 Å². The lowest BCUT2D eigenvalue weighted by atomic mass is 9.81. The molecule has 1 aromatic carbocycles. The van der Waals surface area contributed by atoms with Crippen LogP contribution in [-0.4, -0.2) is 38.2 Å². The van der Waals surface area contributed by atoms with Gasteiger partial charge in [0.15, 0.2) is 5.78 Å². The lowest BCUT2D eigenvalue weighted by Gasteiger charge is -2.39. The van der Waals surface area contributed by atoms with Crippen LogP contribution in [0.3, 0.4) is 0 Å². The van der Waals surface area contributed by atoms with Gasteiger partial charge < -0.3 is 14.8 Å². The number of nitrogens with one attached hydrogen (secondary N) is 1. The molecule has 1 aromatic rings. The van der Waals surface area contributed by atoms with Gasteiger partial charge in [0.2, 0.25) is 0 Å². The van der Waals surface area contributed by atoms with Crippen molar-refractivity contribution in [1.29, 1.82) is 0 Å². The molecular formula is C16H21NO3. The third-order valence-corrected chi connectivity index (χ3v) is 4.32. The molecule has 2 unspecified atom stereocenters. The Morgan fingerprint density at radius 1 is 1.30 bits per heavy atom. The number of ketones is 1. The Bertz CT molecular complexity index is 502. The van der Waals surface area contributed by atoms with Crippen LogP contribution in [0.5, 0.6) is 5.75 Å². The van der Waals surface area contributed by atoms with Gasteiger partial charge in [0, 0.05) is 23.6 Å². The molecule has 0 saturated carbocycles. The number of methoxy groups -OCH3 is 1. The van der Waals surface area contributed by atoms with Crippen LogP contribution in [0.4, 0.5) is 0 Å². The Morgan fingerprint density at radius 3 is 2.60 bits per heavy atom. The third-order valence-electron chi connectivity index (χ3n) is 4.32. The first-order chi connectivity index (χ1) is 9.67. The number of morpholine rings is 1. The van der Waals surface area contributed by atoms with E-state index in [1.807, 2.05) is 25.1 Å². The Balaban J connectivity index is 1.78. The smallest absolute Gasteiger partial charge is 0.166 e. The van der Waals surface area contributed by atoms with Crippen LogP contribution in [0.2, 0.25) is 0 Å². The van der Waals surface area contributed by atoms with E-state index in [1.54, 1.807) is 7.11 Å². The van der Waals surface area contributed by atoms with E-state index >= 15 is 0 Å². The highest BCUT2D eigenvalue weighted by atomic mass is 16.5. The molecule has 3 rings (SSSR count). The van der Waals surface area contributed by atoms with E-state index in [0.717, 1.165) is 42.9 Å². The summed E-state index contributed by atoms with van der Waals surface area (Å²) in [5.74, 6) is 1.18. The number of carbonyl (C=O) groups excluding carboxylic acids is 1.